The van der Waals surface area contributed by atoms with Crippen LogP contribution in [0.1, 0.15) is 15.9 Å². The Bertz CT molecular complexity index is 1370. The molecule has 3 aromatic carbocycles. The van der Waals surface area contributed by atoms with E-state index < -0.39 is 26.4 Å². The highest BCUT2D eigenvalue weighted by Crippen LogP contribution is 2.23. The van der Waals surface area contributed by atoms with Crippen LogP contribution < -0.4 is 5.32 Å². The molecule has 1 N–H and O–H groups in total. The first-order chi connectivity index (χ1) is 14.8. The first kappa shape index (κ1) is 20.6. The largest absolute Gasteiger partial charge is 0.348 e. The van der Waals surface area contributed by atoms with Crippen LogP contribution in [0.4, 0.5) is 8.78 Å². The van der Waals surface area contributed by atoms with Crippen molar-refractivity contribution in [2.45, 2.75) is 16.3 Å². The average Bonchev–Trinajstić information content (AvgIpc) is 2.76. The van der Waals surface area contributed by atoms with E-state index in [4.69, 9.17) is 0 Å². The third-order valence-electron chi connectivity index (χ3n) is 4.74. The Balaban J connectivity index is 1.47. The van der Waals surface area contributed by atoms with Crippen LogP contribution in [-0.2, 0) is 16.4 Å². The summed E-state index contributed by atoms with van der Waals surface area (Å²) in [4.78, 5) is 15.9. The van der Waals surface area contributed by atoms with Crippen molar-refractivity contribution in [3.05, 3.63) is 102 Å². The van der Waals surface area contributed by atoms with Gasteiger partial charge in [0, 0.05) is 36.0 Å². The lowest BCUT2D eigenvalue weighted by Gasteiger charge is -2.09. The summed E-state index contributed by atoms with van der Waals surface area (Å²) in [5.41, 5.74) is 1.15. The van der Waals surface area contributed by atoms with E-state index in [-0.39, 0.29) is 17.3 Å². The maximum Gasteiger partial charge on any atom is 0.251 e. The van der Waals surface area contributed by atoms with Gasteiger partial charge in [-0.2, -0.15) is 0 Å². The third kappa shape index (κ3) is 4.44. The second-order valence-corrected chi connectivity index (χ2v) is 8.82. The number of rotatable bonds is 5. The average molecular weight is 438 g/mol. The number of carbonyl (C=O) groups is 1. The van der Waals surface area contributed by atoms with Crippen LogP contribution in [-0.4, -0.2) is 19.3 Å². The molecule has 4 aromatic rings. The smallest absolute Gasteiger partial charge is 0.251 e. The van der Waals surface area contributed by atoms with E-state index in [9.17, 15) is 22.0 Å². The van der Waals surface area contributed by atoms with E-state index >= 15 is 0 Å². The van der Waals surface area contributed by atoms with Crippen molar-refractivity contribution in [2.75, 3.05) is 0 Å². The van der Waals surface area contributed by atoms with Crippen LogP contribution in [0.2, 0.25) is 0 Å². The number of amides is 1. The fraction of sp³-hybridized carbons (Fsp3) is 0.0435. The number of hydrogen-bond donors (Lipinski definition) is 1. The summed E-state index contributed by atoms with van der Waals surface area (Å²) in [5, 5.41) is 4.60. The SMILES string of the molecule is O=C(NCc1ccc(S(=O)(=O)c2cc(F)cc(F)c2)cc1)c1ccc2ccncc2c1. The van der Waals surface area contributed by atoms with E-state index in [1.165, 1.54) is 24.3 Å². The second kappa shape index (κ2) is 8.23. The number of fused-ring (bicyclic) bond motifs is 1. The quantitative estimate of drug-likeness (QED) is 0.505. The number of aromatic nitrogens is 1. The predicted molar refractivity (Wildman–Crippen MR) is 111 cm³/mol. The predicted octanol–water partition coefficient (Wildman–Crippen LogP) is 4.28. The number of pyridine rings is 1. The molecule has 0 aliphatic heterocycles. The zero-order valence-electron chi connectivity index (χ0n) is 16.0. The van der Waals surface area contributed by atoms with E-state index in [1.807, 2.05) is 12.1 Å². The Morgan fingerprint density at radius 2 is 1.55 bits per heavy atom. The maximum absolute atomic E-state index is 13.4. The number of benzene rings is 3. The fourth-order valence-corrected chi connectivity index (χ4v) is 4.42. The Kier molecular flexibility index (Phi) is 5.48. The van der Waals surface area contributed by atoms with Crippen LogP contribution in [0.25, 0.3) is 10.8 Å². The Labute approximate surface area is 177 Å². The van der Waals surface area contributed by atoms with Crippen LogP contribution in [0.3, 0.4) is 0 Å². The van der Waals surface area contributed by atoms with E-state index in [0.717, 1.165) is 22.9 Å². The van der Waals surface area contributed by atoms with Gasteiger partial charge >= 0.3 is 0 Å². The number of carbonyl (C=O) groups excluding carboxylic acids is 1. The molecule has 0 aliphatic rings. The molecule has 1 heterocycles. The van der Waals surface area contributed by atoms with E-state index in [0.29, 0.717) is 17.2 Å². The van der Waals surface area contributed by atoms with Crippen molar-refractivity contribution in [3.63, 3.8) is 0 Å². The Morgan fingerprint density at radius 1 is 0.839 bits per heavy atom. The van der Waals surface area contributed by atoms with E-state index in [1.54, 1.807) is 24.5 Å². The molecule has 8 heteroatoms. The summed E-state index contributed by atoms with van der Waals surface area (Å²) in [6, 6.07) is 15.0. The summed E-state index contributed by atoms with van der Waals surface area (Å²) in [6.07, 6.45) is 3.35. The lowest BCUT2D eigenvalue weighted by molar-refractivity contribution is 0.0951. The maximum atomic E-state index is 13.4. The summed E-state index contributed by atoms with van der Waals surface area (Å²) in [5.74, 6) is -2.22. The van der Waals surface area contributed by atoms with Crippen molar-refractivity contribution in [1.82, 2.24) is 10.3 Å². The van der Waals surface area contributed by atoms with Gasteiger partial charge in [0.15, 0.2) is 0 Å². The van der Waals surface area contributed by atoms with Crippen LogP contribution in [0, 0.1) is 11.6 Å². The zero-order chi connectivity index (χ0) is 22.0. The minimum absolute atomic E-state index is 0.102. The molecule has 5 nitrogen and oxygen atoms in total. The highest BCUT2D eigenvalue weighted by atomic mass is 32.2. The van der Waals surface area contributed by atoms with Gasteiger partial charge in [0.1, 0.15) is 11.6 Å². The van der Waals surface area contributed by atoms with Crippen molar-refractivity contribution in [3.8, 4) is 0 Å². The van der Waals surface area contributed by atoms with E-state index in [2.05, 4.69) is 10.3 Å². The molecule has 0 bridgehead atoms. The molecule has 0 saturated carbocycles. The van der Waals surface area contributed by atoms with Gasteiger partial charge in [-0.25, -0.2) is 17.2 Å². The van der Waals surface area contributed by atoms with Gasteiger partial charge in [0.05, 0.1) is 9.79 Å². The number of sulfone groups is 1. The molecule has 1 amide bonds. The molecule has 0 fully saturated rings. The van der Waals surface area contributed by atoms with Crippen molar-refractivity contribution < 1.29 is 22.0 Å². The molecule has 0 aliphatic carbocycles. The molecule has 0 radical (unpaired) electrons. The van der Waals surface area contributed by atoms with Crippen LogP contribution in [0.15, 0.2) is 88.9 Å². The topological polar surface area (TPSA) is 76.1 Å². The highest BCUT2D eigenvalue weighted by molar-refractivity contribution is 7.91. The standard InChI is InChI=1S/C23H16F2N2O3S/c24-19-10-20(25)12-22(11-19)31(29,30)21-5-1-15(2-6-21)13-27-23(28)17-4-3-16-7-8-26-14-18(16)9-17/h1-12,14H,13H2,(H,27,28). The van der Waals surface area contributed by atoms with Gasteiger partial charge in [-0.1, -0.05) is 18.2 Å². The molecular formula is C23H16F2N2O3S. The molecular weight excluding hydrogens is 422 g/mol. The van der Waals surface area contributed by atoms with Crippen LogP contribution in [0.5, 0.6) is 0 Å². The minimum Gasteiger partial charge on any atom is -0.348 e. The first-order valence-electron chi connectivity index (χ1n) is 9.25. The van der Waals surface area contributed by atoms with Gasteiger partial charge in [0.25, 0.3) is 5.91 Å². The monoisotopic (exact) mass is 438 g/mol. The Hall–Kier alpha value is -3.65. The fourth-order valence-electron chi connectivity index (χ4n) is 3.12. The van der Waals surface area contributed by atoms with Crippen molar-refractivity contribution >= 4 is 26.5 Å². The van der Waals surface area contributed by atoms with Gasteiger partial charge in [-0.15, -0.1) is 0 Å². The highest BCUT2D eigenvalue weighted by Gasteiger charge is 2.19. The molecule has 156 valence electrons. The second-order valence-electron chi connectivity index (χ2n) is 6.87. The molecule has 4 rings (SSSR count). The van der Waals surface area contributed by atoms with Gasteiger partial charge in [-0.3, -0.25) is 9.78 Å². The summed E-state index contributed by atoms with van der Waals surface area (Å²) in [6.45, 7) is 0.179. The minimum atomic E-state index is -4.07. The van der Waals surface area contributed by atoms with Crippen molar-refractivity contribution in [2.24, 2.45) is 0 Å². The van der Waals surface area contributed by atoms with Crippen molar-refractivity contribution in [1.29, 1.82) is 0 Å². The normalized spacial score (nSPS) is 11.4. The number of nitrogens with zero attached hydrogens (tertiary/aromatic N) is 1. The van der Waals surface area contributed by atoms with Gasteiger partial charge < -0.3 is 5.32 Å². The molecule has 1 aromatic heterocycles. The summed E-state index contributed by atoms with van der Waals surface area (Å²) < 4.78 is 52.0. The first-order valence-corrected chi connectivity index (χ1v) is 10.7. The summed E-state index contributed by atoms with van der Waals surface area (Å²) >= 11 is 0. The zero-order valence-corrected chi connectivity index (χ0v) is 16.9. The number of halogens is 2. The van der Waals surface area contributed by atoms with Crippen LogP contribution >= 0.6 is 0 Å². The lowest BCUT2D eigenvalue weighted by atomic mass is 10.1. The summed E-state index contributed by atoms with van der Waals surface area (Å²) in [7, 11) is -4.07. The molecule has 31 heavy (non-hydrogen) atoms. The molecule has 0 atom stereocenters. The molecule has 0 spiro atoms. The number of hydrogen-bond acceptors (Lipinski definition) is 4. The van der Waals surface area contributed by atoms with Gasteiger partial charge in [0.2, 0.25) is 9.84 Å². The third-order valence-corrected chi connectivity index (χ3v) is 6.48. The lowest BCUT2D eigenvalue weighted by Crippen LogP contribution is -2.22. The molecule has 0 unspecified atom stereocenters. The Morgan fingerprint density at radius 3 is 2.26 bits per heavy atom. The number of nitrogens with one attached hydrogen (secondary N) is 1. The molecule has 0 saturated heterocycles. The van der Waals surface area contributed by atoms with Gasteiger partial charge in [-0.05, 0) is 53.4 Å².